The Morgan fingerprint density at radius 2 is 1.70 bits per heavy atom. The fourth-order valence-corrected chi connectivity index (χ4v) is 5.12. The van der Waals surface area contributed by atoms with E-state index in [1.54, 1.807) is 18.3 Å². The van der Waals surface area contributed by atoms with Crippen LogP contribution in [0.25, 0.3) is 10.2 Å². The number of piperazine rings is 1. The predicted octanol–water partition coefficient (Wildman–Crippen LogP) is 3.59. The van der Waals surface area contributed by atoms with Crippen LogP contribution in [0.5, 0.6) is 0 Å². The predicted molar refractivity (Wildman–Crippen MR) is 101 cm³/mol. The Morgan fingerprint density at radius 3 is 2.33 bits per heavy atom. The Morgan fingerprint density at radius 1 is 1.00 bits per heavy atom. The molecule has 0 aliphatic carbocycles. The third-order valence-corrected chi connectivity index (χ3v) is 6.63. The van der Waals surface area contributed by atoms with Crippen LogP contribution in [0.1, 0.15) is 15.4 Å². The minimum absolute atomic E-state index is 0.308. The zero-order valence-electron chi connectivity index (χ0n) is 14.7. The zero-order valence-corrected chi connectivity index (χ0v) is 16.4. The lowest BCUT2D eigenvalue weighted by Gasteiger charge is -2.35. The second kappa shape index (κ2) is 6.86. The van der Waals surface area contributed by atoms with E-state index in [0.29, 0.717) is 28.4 Å². The molecular weight excluding hydrogens is 397 g/mol. The van der Waals surface area contributed by atoms with Gasteiger partial charge in [0.25, 0.3) is 0 Å². The van der Waals surface area contributed by atoms with Crippen molar-refractivity contribution in [2.24, 2.45) is 0 Å². The van der Waals surface area contributed by atoms with Crippen molar-refractivity contribution in [2.75, 3.05) is 36.0 Å². The number of nitrogens with zero attached hydrogens (tertiary/aromatic N) is 6. The lowest BCUT2D eigenvalue weighted by molar-refractivity contribution is -0.126. The summed E-state index contributed by atoms with van der Waals surface area (Å²) in [6.45, 7) is 6.61. The summed E-state index contributed by atoms with van der Waals surface area (Å²) in [4.78, 5) is 13.8. The molecule has 0 saturated carbocycles. The molecule has 1 saturated heterocycles. The van der Waals surface area contributed by atoms with Crippen molar-refractivity contribution in [2.45, 2.75) is 26.4 Å². The first-order valence-corrected chi connectivity index (χ1v) is 10.0. The Hall–Kier alpha value is -2.01. The number of anilines is 2. The van der Waals surface area contributed by atoms with E-state index in [-0.39, 0.29) is 0 Å². The second-order valence-corrected chi connectivity index (χ2v) is 8.64. The molecule has 3 aromatic heterocycles. The van der Waals surface area contributed by atoms with Gasteiger partial charge in [0.05, 0.1) is 11.8 Å². The number of hydrogen-bond acceptors (Lipinski definition) is 8. The van der Waals surface area contributed by atoms with Crippen molar-refractivity contribution in [3.05, 3.63) is 21.8 Å². The molecule has 0 radical (unpaired) electrons. The van der Waals surface area contributed by atoms with Gasteiger partial charge in [0, 0.05) is 31.1 Å². The number of rotatable bonds is 3. The Labute approximate surface area is 161 Å². The van der Waals surface area contributed by atoms with Crippen LogP contribution in [0.3, 0.4) is 0 Å². The number of aryl methyl sites for hydroxylation is 2. The van der Waals surface area contributed by atoms with Crippen LogP contribution in [-0.4, -0.2) is 52.5 Å². The fourth-order valence-electron chi connectivity index (χ4n) is 3.21. The molecule has 11 heteroatoms. The lowest BCUT2D eigenvalue weighted by atomic mass is 10.1. The van der Waals surface area contributed by atoms with Crippen LogP contribution >= 0.6 is 22.7 Å². The smallest absolute Gasteiger partial charge is 0.352 e. The average molecular weight is 414 g/mol. The highest BCUT2D eigenvalue weighted by Gasteiger charge is 2.31. The number of halogens is 3. The molecule has 1 aliphatic heterocycles. The number of aromatic nitrogens is 4. The standard InChI is InChI=1S/C16H17F3N6S2/c1-9-11(7-16(17,18)19)27-14-12(9)13(20-8-21-14)24-3-5-25(6-4-24)15-23-22-10(2)26-15/h8H,3-7H2,1-2H3. The molecule has 6 nitrogen and oxygen atoms in total. The summed E-state index contributed by atoms with van der Waals surface area (Å²) >= 11 is 2.66. The molecule has 1 fully saturated rings. The molecule has 0 bridgehead atoms. The van der Waals surface area contributed by atoms with Gasteiger partial charge in [0.2, 0.25) is 5.13 Å². The minimum atomic E-state index is -4.23. The molecule has 0 N–H and O–H groups in total. The first kappa shape index (κ1) is 18.4. The van der Waals surface area contributed by atoms with Crippen LogP contribution in [-0.2, 0) is 6.42 Å². The number of alkyl halides is 3. The van der Waals surface area contributed by atoms with Gasteiger partial charge in [-0.2, -0.15) is 13.2 Å². The van der Waals surface area contributed by atoms with Crippen molar-refractivity contribution in [1.82, 2.24) is 20.2 Å². The zero-order chi connectivity index (χ0) is 19.2. The third kappa shape index (κ3) is 3.70. The summed E-state index contributed by atoms with van der Waals surface area (Å²) in [7, 11) is 0. The highest BCUT2D eigenvalue weighted by atomic mass is 32.1. The van der Waals surface area contributed by atoms with E-state index >= 15 is 0 Å². The van der Waals surface area contributed by atoms with Crippen LogP contribution in [0.15, 0.2) is 6.33 Å². The van der Waals surface area contributed by atoms with Crippen LogP contribution in [0.4, 0.5) is 24.1 Å². The van der Waals surface area contributed by atoms with E-state index in [0.717, 1.165) is 45.8 Å². The molecule has 4 heterocycles. The van der Waals surface area contributed by atoms with Gasteiger partial charge >= 0.3 is 6.18 Å². The van der Waals surface area contributed by atoms with Crippen molar-refractivity contribution in [3.63, 3.8) is 0 Å². The Balaban J connectivity index is 1.59. The minimum Gasteiger partial charge on any atom is -0.352 e. The first-order chi connectivity index (χ1) is 12.8. The van der Waals surface area contributed by atoms with Crippen LogP contribution < -0.4 is 9.80 Å². The molecule has 0 atom stereocenters. The fraction of sp³-hybridized carbons (Fsp3) is 0.500. The molecule has 0 unspecified atom stereocenters. The largest absolute Gasteiger partial charge is 0.393 e. The van der Waals surface area contributed by atoms with Crippen LogP contribution in [0.2, 0.25) is 0 Å². The highest BCUT2D eigenvalue weighted by molar-refractivity contribution is 7.19. The third-order valence-electron chi connectivity index (χ3n) is 4.53. The van der Waals surface area contributed by atoms with Crippen molar-refractivity contribution < 1.29 is 13.2 Å². The van der Waals surface area contributed by atoms with E-state index < -0.39 is 12.6 Å². The van der Waals surface area contributed by atoms with Gasteiger partial charge in [-0.05, 0) is 19.4 Å². The van der Waals surface area contributed by atoms with Crippen LogP contribution in [0, 0.1) is 13.8 Å². The summed E-state index contributed by atoms with van der Waals surface area (Å²) in [5.41, 5.74) is 0.630. The number of hydrogen-bond donors (Lipinski definition) is 0. The maximum atomic E-state index is 12.9. The van der Waals surface area contributed by atoms with Gasteiger partial charge < -0.3 is 9.80 Å². The van der Waals surface area contributed by atoms with E-state index in [4.69, 9.17) is 0 Å². The Kier molecular flexibility index (Phi) is 4.66. The maximum Gasteiger partial charge on any atom is 0.393 e. The topological polar surface area (TPSA) is 58.0 Å². The van der Waals surface area contributed by atoms with Gasteiger partial charge in [-0.15, -0.1) is 21.5 Å². The van der Waals surface area contributed by atoms with E-state index in [2.05, 4.69) is 30.0 Å². The maximum absolute atomic E-state index is 12.9. The summed E-state index contributed by atoms with van der Waals surface area (Å²) in [6.07, 6.45) is -3.72. The molecule has 0 spiro atoms. The summed E-state index contributed by atoms with van der Waals surface area (Å²) in [5, 5.41) is 10.8. The summed E-state index contributed by atoms with van der Waals surface area (Å²) < 4.78 is 38.6. The lowest BCUT2D eigenvalue weighted by Crippen LogP contribution is -2.46. The molecule has 1 aliphatic rings. The van der Waals surface area contributed by atoms with E-state index in [9.17, 15) is 13.2 Å². The number of thiophene rings is 1. The molecule has 4 rings (SSSR count). The van der Waals surface area contributed by atoms with Crippen molar-refractivity contribution in [1.29, 1.82) is 0 Å². The average Bonchev–Trinajstić information content (AvgIpc) is 3.18. The van der Waals surface area contributed by atoms with Crippen molar-refractivity contribution >= 4 is 43.8 Å². The SMILES string of the molecule is Cc1nnc(N2CCN(c3ncnc4sc(CC(F)(F)F)c(C)c34)CC2)s1. The molecule has 3 aromatic rings. The summed E-state index contributed by atoms with van der Waals surface area (Å²) in [6, 6.07) is 0. The molecule has 144 valence electrons. The van der Waals surface area contributed by atoms with Gasteiger partial charge in [0.1, 0.15) is 22.0 Å². The number of fused-ring (bicyclic) bond motifs is 1. The molecule has 0 amide bonds. The highest BCUT2D eigenvalue weighted by Crippen LogP contribution is 2.38. The van der Waals surface area contributed by atoms with Gasteiger partial charge in [-0.3, -0.25) is 0 Å². The first-order valence-electron chi connectivity index (χ1n) is 8.41. The second-order valence-electron chi connectivity index (χ2n) is 6.40. The van der Waals surface area contributed by atoms with Gasteiger partial charge in [-0.25, -0.2) is 9.97 Å². The van der Waals surface area contributed by atoms with Gasteiger partial charge in [0.15, 0.2) is 0 Å². The van der Waals surface area contributed by atoms with E-state index in [1.165, 1.54) is 6.33 Å². The summed E-state index contributed by atoms with van der Waals surface area (Å²) in [5.74, 6) is 0.718. The molecule has 27 heavy (non-hydrogen) atoms. The normalized spacial score (nSPS) is 15.7. The Bertz CT molecular complexity index is 959. The molecular formula is C16H17F3N6S2. The molecule has 0 aromatic carbocycles. The monoisotopic (exact) mass is 414 g/mol. The van der Waals surface area contributed by atoms with Gasteiger partial charge in [-0.1, -0.05) is 11.3 Å². The quantitative estimate of drug-likeness (QED) is 0.653. The van der Waals surface area contributed by atoms with Crippen molar-refractivity contribution in [3.8, 4) is 0 Å². The van der Waals surface area contributed by atoms with E-state index in [1.807, 2.05) is 6.92 Å².